The van der Waals surface area contributed by atoms with Gasteiger partial charge in [0.25, 0.3) is 0 Å². The standard InChI is InChI=1S/C18H25FN2O/c1-13(15-3-2-4-16(19)11-15)18(22)21-9-7-17(8-10-21)20-12-14-5-6-14/h2-4,11,13-14,17,20H,5-10,12H2,1H3. The lowest BCUT2D eigenvalue weighted by molar-refractivity contribution is -0.133. The van der Waals surface area contributed by atoms with E-state index in [1.54, 1.807) is 6.07 Å². The van der Waals surface area contributed by atoms with Crippen LogP contribution in [0.4, 0.5) is 4.39 Å². The molecule has 3 rings (SSSR count). The molecule has 2 fully saturated rings. The molecule has 1 aliphatic heterocycles. The Morgan fingerprint density at radius 1 is 1.32 bits per heavy atom. The fourth-order valence-corrected chi connectivity index (χ4v) is 3.15. The zero-order chi connectivity index (χ0) is 15.5. The van der Waals surface area contributed by atoms with Crippen LogP contribution in [-0.4, -0.2) is 36.5 Å². The highest BCUT2D eigenvalue weighted by Crippen LogP contribution is 2.28. The molecule has 1 saturated heterocycles. The number of piperidine rings is 1. The maximum atomic E-state index is 13.3. The van der Waals surface area contributed by atoms with E-state index in [1.165, 1.54) is 25.0 Å². The van der Waals surface area contributed by atoms with Crippen LogP contribution in [0.1, 0.15) is 44.1 Å². The first-order valence-corrected chi connectivity index (χ1v) is 8.41. The fourth-order valence-electron chi connectivity index (χ4n) is 3.15. The number of likely N-dealkylation sites (tertiary alicyclic amines) is 1. The van der Waals surface area contributed by atoms with E-state index in [4.69, 9.17) is 0 Å². The number of nitrogens with zero attached hydrogens (tertiary/aromatic N) is 1. The summed E-state index contributed by atoms with van der Waals surface area (Å²) >= 11 is 0. The van der Waals surface area contributed by atoms with E-state index in [1.807, 2.05) is 17.9 Å². The van der Waals surface area contributed by atoms with Crippen molar-refractivity contribution in [3.63, 3.8) is 0 Å². The second kappa shape index (κ2) is 6.78. The molecular formula is C18H25FN2O. The van der Waals surface area contributed by atoms with Gasteiger partial charge in [-0.3, -0.25) is 4.79 Å². The van der Waals surface area contributed by atoms with Gasteiger partial charge in [-0.1, -0.05) is 12.1 Å². The van der Waals surface area contributed by atoms with Crippen LogP contribution in [0.25, 0.3) is 0 Å². The van der Waals surface area contributed by atoms with Gasteiger partial charge in [0.2, 0.25) is 5.91 Å². The van der Waals surface area contributed by atoms with Crippen molar-refractivity contribution in [1.82, 2.24) is 10.2 Å². The average molecular weight is 304 g/mol. The number of carbonyl (C=O) groups is 1. The predicted octanol–water partition coefficient (Wildman–Crippen LogP) is 2.92. The zero-order valence-corrected chi connectivity index (χ0v) is 13.2. The van der Waals surface area contributed by atoms with Crippen molar-refractivity contribution in [2.45, 2.75) is 44.6 Å². The smallest absolute Gasteiger partial charge is 0.229 e. The Balaban J connectivity index is 1.50. The van der Waals surface area contributed by atoms with Gasteiger partial charge < -0.3 is 10.2 Å². The van der Waals surface area contributed by atoms with Crippen LogP contribution in [0.15, 0.2) is 24.3 Å². The summed E-state index contributed by atoms with van der Waals surface area (Å²) in [6.45, 7) is 4.62. The van der Waals surface area contributed by atoms with Crippen molar-refractivity contribution < 1.29 is 9.18 Å². The number of benzene rings is 1. The van der Waals surface area contributed by atoms with Gasteiger partial charge in [-0.25, -0.2) is 4.39 Å². The molecule has 1 aromatic rings. The average Bonchev–Trinajstić information content (AvgIpc) is 3.36. The van der Waals surface area contributed by atoms with Gasteiger partial charge >= 0.3 is 0 Å². The molecule has 0 spiro atoms. The molecule has 1 aromatic carbocycles. The summed E-state index contributed by atoms with van der Waals surface area (Å²) < 4.78 is 13.3. The maximum absolute atomic E-state index is 13.3. The summed E-state index contributed by atoms with van der Waals surface area (Å²) in [5.74, 6) is 0.464. The molecule has 120 valence electrons. The van der Waals surface area contributed by atoms with Gasteiger partial charge in [0, 0.05) is 19.1 Å². The molecular weight excluding hydrogens is 279 g/mol. The number of hydrogen-bond donors (Lipinski definition) is 1. The maximum Gasteiger partial charge on any atom is 0.229 e. The normalized spacial score (nSPS) is 20.9. The Morgan fingerprint density at radius 2 is 2.05 bits per heavy atom. The summed E-state index contributed by atoms with van der Waals surface area (Å²) in [5.41, 5.74) is 0.763. The molecule has 0 radical (unpaired) electrons. The minimum Gasteiger partial charge on any atom is -0.342 e. The molecule has 1 saturated carbocycles. The minimum atomic E-state index is -0.278. The molecule has 1 unspecified atom stereocenters. The Bertz CT molecular complexity index is 522. The predicted molar refractivity (Wildman–Crippen MR) is 85.1 cm³/mol. The third kappa shape index (κ3) is 3.86. The quantitative estimate of drug-likeness (QED) is 0.907. The largest absolute Gasteiger partial charge is 0.342 e. The van der Waals surface area contributed by atoms with E-state index in [9.17, 15) is 9.18 Å². The van der Waals surface area contributed by atoms with Crippen molar-refractivity contribution >= 4 is 5.91 Å². The van der Waals surface area contributed by atoms with Crippen LogP contribution in [-0.2, 0) is 4.79 Å². The first-order valence-electron chi connectivity index (χ1n) is 8.41. The van der Waals surface area contributed by atoms with Crippen LogP contribution in [0.3, 0.4) is 0 Å². The zero-order valence-electron chi connectivity index (χ0n) is 13.2. The number of nitrogens with one attached hydrogen (secondary N) is 1. The fraction of sp³-hybridized carbons (Fsp3) is 0.611. The summed E-state index contributed by atoms with van der Waals surface area (Å²) in [6.07, 6.45) is 4.79. The molecule has 1 atom stereocenters. The van der Waals surface area contributed by atoms with E-state index in [-0.39, 0.29) is 17.6 Å². The van der Waals surface area contributed by atoms with Crippen molar-refractivity contribution in [2.24, 2.45) is 5.92 Å². The van der Waals surface area contributed by atoms with E-state index in [0.717, 1.165) is 44.0 Å². The first kappa shape index (κ1) is 15.5. The van der Waals surface area contributed by atoms with E-state index < -0.39 is 0 Å². The first-order chi connectivity index (χ1) is 10.6. The number of halogens is 1. The molecule has 1 heterocycles. The molecule has 3 nitrogen and oxygen atoms in total. The molecule has 0 bridgehead atoms. The van der Waals surface area contributed by atoms with Crippen LogP contribution in [0, 0.1) is 11.7 Å². The van der Waals surface area contributed by atoms with Crippen molar-refractivity contribution in [2.75, 3.05) is 19.6 Å². The van der Waals surface area contributed by atoms with Crippen molar-refractivity contribution in [3.8, 4) is 0 Å². The SMILES string of the molecule is CC(C(=O)N1CCC(NCC2CC2)CC1)c1cccc(F)c1. The highest BCUT2D eigenvalue weighted by molar-refractivity contribution is 5.83. The Morgan fingerprint density at radius 3 is 2.68 bits per heavy atom. The van der Waals surface area contributed by atoms with Crippen molar-refractivity contribution in [3.05, 3.63) is 35.6 Å². The number of hydrogen-bond acceptors (Lipinski definition) is 2. The van der Waals surface area contributed by atoms with Gasteiger partial charge in [-0.05, 0) is 62.8 Å². The Hall–Kier alpha value is -1.42. The van der Waals surface area contributed by atoms with E-state index in [2.05, 4.69) is 5.32 Å². The molecule has 0 aromatic heterocycles. The monoisotopic (exact) mass is 304 g/mol. The van der Waals surface area contributed by atoms with Gasteiger partial charge in [0.1, 0.15) is 5.82 Å². The molecule has 2 aliphatic rings. The lowest BCUT2D eigenvalue weighted by Gasteiger charge is -2.34. The topological polar surface area (TPSA) is 32.3 Å². The second-order valence-electron chi connectivity index (χ2n) is 6.73. The summed E-state index contributed by atoms with van der Waals surface area (Å²) in [7, 11) is 0. The molecule has 22 heavy (non-hydrogen) atoms. The third-order valence-corrected chi connectivity index (χ3v) is 4.92. The van der Waals surface area contributed by atoms with Crippen molar-refractivity contribution in [1.29, 1.82) is 0 Å². The van der Waals surface area contributed by atoms with E-state index in [0.29, 0.717) is 6.04 Å². The van der Waals surface area contributed by atoms with Gasteiger partial charge in [0.15, 0.2) is 0 Å². The van der Waals surface area contributed by atoms with Crippen LogP contribution < -0.4 is 5.32 Å². The Kier molecular flexibility index (Phi) is 4.77. The van der Waals surface area contributed by atoms with Crippen LogP contribution in [0.5, 0.6) is 0 Å². The van der Waals surface area contributed by atoms with Gasteiger partial charge in [-0.2, -0.15) is 0 Å². The number of carbonyl (C=O) groups excluding carboxylic acids is 1. The van der Waals surface area contributed by atoms with Crippen LogP contribution in [0.2, 0.25) is 0 Å². The highest BCUT2D eigenvalue weighted by atomic mass is 19.1. The summed E-state index contributed by atoms with van der Waals surface area (Å²) in [5, 5.41) is 3.62. The van der Waals surface area contributed by atoms with Crippen LogP contribution >= 0.6 is 0 Å². The number of amides is 1. The summed E-state index contributed by atoms with van der Waals surface area (Å²) in [6, 6.07) is 6.93. The third-order valence-electron chi connectivity index (χ3n) is 4.92. The highest BCUT2D eigenvalue weighted by Gasteiger charge is 2.28. The van der Waals surface area contributed by atoms with Gasteiger partial charge in [0.05, 0.1) is 5.92 Å². The molecule has 1 amide bonds. The minimum absolute atomic E-state index is 0.117. The molecule has 1 N–H and O–H groups in total. The Labute approximate surface area is 131 Å². The summed E-state index contributed by atoms with van der Waals surface area (Å²) in [4.78, 5) is 14.5. The van der Waals surface area contributed by atoms with E-state index >= 15 is 0 Å². The van der Waals surface area contributed by atoms with Gasteiger partial charge in [-0.15, -0.1) is 0 Å². The number of rotatable bonds is 5. The molecule has 4 heteroatoms. The molecule has 1 aliphatic carbocycles. The second-order valence-corrected chi connectivity index (χ2v) is 6.73. The lowest BCUT2D eigenvalue weighted by Crippen LogP contribution is -2.46. The lowest BCUT2D eigenvalue weighted by atomic mass is 9.97.